The molecular weight excluding hydrogens is 311 g/mol. The van der Waals surface area contributed by atoms with Gasteiger partial charge in [-0.05, 0) is 31.6 Å². The second-order valence-corrected chi connectivity index (χ2v) is 6.89. The quantitative estimate of drug-likeness (QED) is 0.815. The van der Waals surface area contributed by atoms with E-state index in [2.05, 4.69) is 18.8 Å². The van der Waals surface area contributed by atoms with Gasteiger partial charge in [0.1, 0.15) is 5.82 Å². The minimum Gasteiger partial charge on any atom is -0.378 e. The van der Waals surface area contributed by atoms with Gasteiger partial charge in [0.05, 0.1) is 22.2 Å². The Morgan fingerprint density at radius 3 is 2.86 bits per heavy atom. The Bertz CT molecular complexity index is 752. The molecule has 2 aromatic rings. The van der Waals surface area contributed by atoms with Crippen molar-refractivity contribution >= 4 is 34.9 Å². The summed E-state index contributed by atoms with van der Waals surface area (Å²) in [4.78, 5) is 3.07. The molecule has 0 aliphatic heterocycles. The van der Waals surface area contributed by atoms with Crippen molar-refractivity contribution in [3.63, 3.8) is 0 Å². The Labute approximate surface area is 133 Å². The fourth-order valence-corrected chi connectivity index (χ4v) is 3.71. The van der Waals surface area contributed by atoms with E-state index in [1.807, 2.05) is 11.5 Å². The standard InChI is InChI=1S/C15H18ClFN2OS/c1-4-20-13-7-12(15(13,2)3)19-11-5-8(16)9(17)6-10(11)18-14(19)21/h5-6,12-13H,4,7H2,1-3H3,(H,18,21). The van der Waals surface area contributed by atoms with E-state index in [-0.39, 0.29) is 22.6 Å². The van der Waals surface area contributed by atoms with Crippen LogP contribution in [0.15, 0.2) is 12.1 Å². The molecule has 1 aliphatic rings. The molecule has 0 spiro atoms. The Balaban J connectivity index is 2.08. The summed E-state index contributed by atoms with van der Waals surface area (Å²) in [5.41, 5.74) is 1.50. The molecule has 0 radical (unpaired) electrons. The molecule has 0 saturated heterocycles. The van der Waals surface area contributed by atoms with E-state index in [9.17, 15) is 4.39 Å². The number of fused-ring (bicyclic) bond motifs is 1. The summed E-state index contributed by atoms with van der Waals surface area (Å²) in [6, 6.07) is 3.26. The number of ether oxygens (including phenoxy) is 1. The van der Waals surface area contributed by atoms with Crippen molar-refractivity contribution < 1.29 is 9.13 Å². The predicted octanol–water partition coefficient (Wildman–Crippen LogP) is 4.87. The number of rotatable bonds is 3. The van der Waals surface area contributed by atoms with Gasteiger partial charge in [-0.2, -0.15) is 0 Å². The lowest BCUT2D eigenvalue weighted by atomic mass is 9.64. The second kappa shape index (κ2) is 5.07. The molecule has 0 bridgehead atoms. The van der Waals surface area contributed by atoms with E-state index in [0.29, 0.717) is 16.9 Å². The van der Waals surface area contributed by atoms with Crippen LogP contribution in [-0.2, 0) is 4.74 Å². The van der Waals surface area contributed by atoms with Crippen LogP contribution in [0.4, 0.5) is 4.39 Å². The number of halogens is 2. The maximum atomic E-state index is 13.6. The van der Waals surface area contributed by atoms with Crippen molar-refractivity contribution in [2.24, 2.45) is 5.41 Å². The molecule has 21 heavy (non-hydrogen) atoms. The maximum Gasteiger partial charge on any atom is 0.178 e. The highest BCUT2D eigenvalue weighted by atomic mass is 35.5. The van der Waals surface area contributed by atoms with Crippen LogP contribution >= 0.6 is 23.8 Å². The second-order valence-electron chi connectivity index (χ2n) is 6.10. The average Bonchev–Trinajstić information content (AvgIpc) is 2.70. The lowest BCUT2D eigenvalue weighted by Crippen LogP contribution is -2.51. The van der Waals surface area contributed by atoms with Crippen LogP contribution in [0.3, 0.4) is 0 Å². The minimum absolute atomic E-state index is 0.0236. The Morgan fingerprint density at radius 1 is 1.52 bits per heavy atom. The Hall–Kier alpha value is -0.910. The Kier molecular flexibility index (Phi) is 3.62. The predicted molar refractivity (Wildman–Crippen MR) is 84.9 cm³/mol. The van der Waals surface area contributed by atoms with Gasteiger partial charge in [-0.1, -0.05) is 25.4 Å². The molecule has 1 N–H and O–H groups in total. The topological polar surface area (TPSA) is 29.9 Å². The van der Waals surface area contributed by atoms with Gasteiger partial charge in [0, 0.05) is 24.1 Å². The van der Waals surface area contributed by atoms with Crippen molar-refractivity contribution in [1.82, 2.24) is 9.55 Å². The highest BCUT2D eigenvalue weighted by molar-refractivity contribution is 7.71. The van der Waals surface area contributed by atoms with Gasteiger partial charge in [-0.3, -0.25) is 0 Å². The lowest BCUT2D eigenvalue weighted by Gasteiger charge is -2.52. The largest absolute Gasteiger partial charge is 0.378 e. The van der Waals surface area contributed by atoms with E-state index < -0.39 is 5.82 Å². The SMILES string of the molecule is CCOC1CC(n2c(=S)[nH]c3cc(F)c(Cl)cc32)C1(C)C. The van der Waals surface area contributed by atoms with Crippen LogP contribution in [0.1, 0.15) is 33.2 Å². The number of benzene rings is 1. The summed E-state index contributed by atoms with van der Waals surface area (Å²) >= 11 is 11.3. The van der Waals surface area contributed by atoms with Gasteiger partial charge in [-0.25, -0.2) is 4.39 Å². The van der Waals surface area contributed by atoms with E-state index >= 15 is 0 Å². The molecule has 0 amide bonds. The van der Waals surface area contributed by atoms with Crippen molar-refractivity contribution in [2.45, 2.75) is 39.3 Å². The summed E-state index contributed by atoms with van der Waals surface area (Å²) in [5.74, 6) is -0.437. The summed E-state index contributed by atoms with van der Waals surface area (Å²) in [5, 5.41) is 0.115. The number of aromatic amines is 1. The fraction of sp³-hybridized carbons (Fsp3) is 0.533. The third kappa shape index (κ3) is 2.22. The van der Waals surface area contributed by atoms with Crippen molar-refractivity contribution in [3.8, 4) is 0 Å². The maximum absolute atomic E-state index is 13.6. The van der Waals surface area contributed by atoms with Crippen molar-refractivity contribution in [3.05, 3.63) is 27.7 Å². The highest BCUT2D eigenvalue weighted by Crippen LogP contribution is 2.52. The van der Waals surface area contributed by atoms with Crippen molar-refractivity contribution in [2.75, 3.05) is 6.61 Å². The first-order valence-corrected chi connectivity index (χ1v) is 7.85. The molecule has 1 saturated carbocycles. The van der Waals surface area contributed by atoms with Crippen molar-refractivity contribution in [1.29, 1.82) is 0 Å². The van der Waals surface area contributed by atoms with Gasteiger partial charge in [-0.15, -0.1) is 0 Å². The van der Waals surface area contributed by atoms with E-state index in [4.69, 9.17) is 28.6 Å². The van der Waals surface area contributed by atoms with Crippen LogP contribution in [0.25, 0.3) is 11.0 Å². The third-order valence-corrected chi connectivity index (χ3v) is 5.15. The number of nitrogens with zero attached hydrogens (tertiary/aromatic N) is 1. The van der Waals surface area contributed by atoms with Crippen LogP contribution in [0, 0.1) is 16.0 Å². The summed E-state index contributed by atoms with van der Waals surface area (Å²) in [6.07, 6.45) is 1.12. The molecule has 1 fully saturated rings. The molecular formula is C15H18ClFN2OS. The van der Waals surface area contributed by atoms with Crippen LogP contribution in [0.2, 0.25) is 5.02 Å². The third-order valence-electron chi connectivity index (χ3n) is 4.56. The van der Waals surface area contributed by atoms with Gasteiger partial charge in [0.15, 0.2) is 4.77 Å². The zero-order valence-corrected chi connectivity index (χ0v) is 13.8. The lowest BCUT2D eigenvalue weighted by molar-refractivity contribution is -0.127. The van der Waals surface area contributed by atoms with E-state index in [0.717, 1.165) is 11.9 Å². The number of imidazole rings is 1. The molecule has 1 heterocycles. The summed E-state index contributed by atoms with van der Waals surface area (Å²) < 4.78 is 22.0. The molecule has 114 valence electrons. The van der Waals surface area contributed by atoms with E-state index in [1.165, 1.54) is 6.07 Å². The molecule has 3 rings (SSSR count). The number of H-pyrrole nitrogens is 1. The van der Waals surface area contributed by atoms with Crippen LogP contribution < -0.4 is 0 Å². The first kappa shape index (κ1) is 15.0. The zero-order chi connectivity index (χ0) is 15.4. The van der Waals surface area contributed by atoms with Gasteiger partial charge >= 0.3 is 0 Å². The normalized spacial score (nSPS) is 24.2. The number of hydrogen-bond acceptors (Lipinski definition) is 2. The molecule has 6 heteroatoms. The first-order valence-electron chi connectivity index (χ1n) is 7.07. The fourth-order valence-electron chi connectivity index (χ4n) is 3.22. The molecule has 2 atom stereocenters. The molecule has 1 aromatic heterocycles. The van der Waals surface area contributed by atoms with Crippen LogP contribution in [0.5, 0.6) is 0 Å². The molecule has 3 nitrogen and oxygen atoms in total. The smallest absolute Gasteiger partial charge is 0.178 e. The molecule has 1 aromatic carbocycles. The molecule has 2 unspecified atom stereocenters. The number of hydrogen-bond donors (Lipinski definition) is 1. The van der Waals surface area contributed by atoms with Gasteiger partial charge in [0.25, 0.3) is 0 Å². The number of nitrogens with one attached hydrogen (secondary N) is 1. The summed E-state index contributed by atoms with van der Waals surface area (Å²) in [6.45, 7) is 7.06. The number of aromatic nitrogens is 2. The molecule has 1 aliphatic carbocycles. The van der Waals surface area contributed by atoms with Gasteiger partial charge in [0.2, 0.25) is 0 Å². The highest BCUT2D eigenvalue weighted by Gasteiger charge is 2.50. The summed E-state index contributed by atoms with van der Waals surface area (Å²) in [7, 11) is 0. The average molecular weight is 329 g/mol. The first-order chi connectivity index (χ1) is 9.86. The zero-order valence-electron chi connectivity index (χ0n) is 12.2. The monoisotopic (exact) mass is 328 g/mol. The van der Waals surface area contributed by atoms with Gasteiger partial charge < -0.3 is 14.3 Å². The Morgan fingerprint density at radius 2 is 2.24 bits per heavy atom. The minimum atomic E-state index is -0.437. The van der Waals surface area contributed by atoms with E-state index in [1.54, 1.807) is 6.07 Å². The van der Waals surface area contributed by atoms with Crippen LogP contribution in [-0.4, -0.2) is 22.3 Å².